The molecule has 0 saturated carbocycles. The molecule has 0 bridgehead atoms. The topological polar surface area (TPSA) is 43.9 Å². The zero-order valence-electron chi connectivity index (χ0n) is 18.2. The summed E-state index contributed by atoms with van der Waals surface area (Å²) in [6, 6.07) is 37.3. The SMILES string of the molecule is c1ccc(-c2cc(-c3ccccc3)nc(-n3c4ccccc4c4cc5ccoc5cc43)n2)cc1. The van der Waals surface area contributed by atoms with E-state index in [0.717, 1.165) is 55.3 Å². The number of aromatic nitrogens is 3. The van der Waals surface area contributed by atoms with Crippen molar-refractivity contribution in [2.45, 2.75) is 0 Å². The maximum absolute atomic E-state index is 5.74. The molecule has 4 heteroatoms. The maximum atomic E-state index is 5.74. The van der Waals surface area contributed by atoms with Crippen LogP contribution in [0.1, 0.15) is 0 Å². The van der Waals surface area contributed by atoms with Crippen LogP contribution in [0, 0.1) is 0 Å². The normalized spacial score (nSPS) is 11.5. The summed E-state index contributed by atoms with van der Waals surface area (Å²) in [5, 5.41) is 3.40. The van der Waals surface area contributed by atoms with Crippen LogP contribution >= 0.6 is 0 Å². The molecule has 0 unspecified atom stereocenters. The summed E-state index contributed by atoms with van der Waals surface area (Å²) in [5.74, 6) is 0.636. The Balaban J connectivity index is 1.59. The van der Waals surface area contributed by atoms with Gasteiger partial charge in [-0.3, -0.25) is 4.57 Å². The highest BCUT2D eigenvalue weighted by molar-refractivity contribution is 6.12. The lowest BCUT2D eigenvalue weighted by Gasteiger charge is -2.11. The second-order valence-corrected chi connectivity index (χ2v) is 8.35. The van der Waals surface area contributed by atoms with Crippen LogP contribution in [0.15, 0.2) is 120 Å². The lowest BCUT2D eigenvalue weighted by molar-refractivity contribution is 0.616. The highest BCUT2D eigenvalue weighted by atomic mass is 16.3. The monoisotopic (exact) mass is 437 g/mol. The first-order chi connectivity index (χ1) is 16.8. The van der Waals surface area contributed by atoms with Crippen molar-refractivity contribution in [2.24, 2.45) is 0 Å². The Morgan fingerprint density at radius 2 is 1.21 bits per heavy atom. The van der Waals surface area contributed by atoms with Gasteiger partial charge in [-0.1, -0.05) is 78.9 Å². The molecule has 0 aliphatic heterocycles. The zero-order valence-corrected chi connectivity index (χ0v) is 18.2. The van der Waals surface area contributed by atoms with E-state index in [1.165, 1.54) is 0 Å². The molecule has 0 spiro atoms. The Morgan fingerprint density at radius 3 is 1.91 bits per heavy atom. The molecule has 4 aromatic carbocycles. The predicted molar refractivity (Wildman–Crippen MR) is 137 cm³/mol. The second-order valence-electron chi connectivity index (χ2n) is 8.35. The quantitative estimate of drug-likeness (QED) is 0.285. The fourth-order valence-corrected chi connectivity index (χ4v) is 4.69. The predicted octanol–water partition coefficient (Wildman–Crippen LogP) is 7.65. The van der Waals surface area contributed by atoms with E-state index < -0.39 is 0 Å². The molecular formula is C30H19N3O. The van der Waals surface area contributed by atoms with Crippen molar-refractivity contribution < 1.29 is 4.42 Å². The van der Waals surface area contributed by atoms with Crippen LogP contribution in [0.3, 0.4) is 0 Å². The van der Waals surface area contributed by atoms with E-state index in [1.807, 2.05) is 42.5 Å². The minimum Gasteiger partial charge on any atom is -0.464 e. The highest BCUT2D eigenvalue weighted by Gasteiger charge is 2.17. The summed E-state index contributed by atoms with van der Waals surface area (Å²) in [7, 11) is 0. The molecule has 0 aliphatic carbocycles. The fraction of sp³-hybridized carbons (Fsp3) is 0. The van der Waals surface area contributed by atoms with E-state index in [2.05, 4.69) is 71.3 Å². The maximum Gasteiger partial charge on any atom is 0.235 e. The van der Waals surface area contributed by atoms with E-state index in [1.54, 1.807) is 6.26 Å². The first-order valence-electron chi connectivity index (χ1n) is 11.3. The van der Waals surface area contributed by atoms with Crippen molar-refractivity contribution in [1.29, 1.82) is 0 Å². The second kappa shape index (κ2) is 7.42. The molecule has 7 rings (SSSR count). The highest BCUT2D eigenvalue weighted by Crippen LogP contribution is 2.35. The summed E-state index contributed by atoms with van der Waals surface area (Å²) >= 11 is 0. The number of furan rings is 1. The molecule has 0 radical (unpaired) electrons. The van der Waals surface area contributed by atoms with E-state index in [4.69, 9.17) is 14.4 Å². The first kappa shape index (κ1) is 18.8. The van der Waals surface area contributed by atoms with Crippen LogP contribution in [0.4, 0.5) is 0 Å². The van der Waals surface area contributed by atoms with E-state index >= 15 is 0 Å². The molecule has 4 nitrogen and oxygen atoms in total. The molecule has 0 N–H and O–H groups in total. The van der Waals surface area contributed by atoms with Crippen molar-refractivity contribution >= 4 is 32.8 Å². The van der Waals surface area contributed by atoms with E-state index in [0.29, 0.717) is 5.95 Å². The van der Waals surface area contributed by atoms with Gasteiger partial charge < -0.3 is 4.42 Å². The van der Waals surface area contributed by atoms with Gasteiger partial charge in [-0.05, 0) is 24.3 Å². The van der Waals surface area contributed by atoms with Crippen molar-refractivity contribution in [1.82, 2.24) is 14.5 Å². The third-order valence-electron chi connectivity index (χ3n) is 6.30. The molecule has 0 aliphatic rings. The number of rotatable bonds is 3. The van der Waals surface area contributed by atoms with Gasteiger partial charge in [0.25, 0.3) is 0 Å². The van der Waals surface area contributed by atoms with Gasteiger partial charge in [-0.15, -0.1) is 0 Å². The molecule has 0 atom stereocenters. The van der Waals surface area contributed by atoms with Crippen LogP contribution in [0.2, 0.25) is 0 Å². The van der Waals surface area contributed by atoms with Gasteiger partial charge in [-0.2, -0.15) is 0 Å². The van der Waals surface area contributed by atoms with Crippen molar-refractivity contribution in [3.63, 3.8) is 0 Å². The molecule has 160 valence electrons. The molecule has 0 amide bonds. The average molecular weight is 438 g/mol. The number of nitrogens with zero attached hydrogens (tertiary/aromatic N) is 3. The number of hydrogen-bond donors (Lipinski definition) is 0. The van der Waals surface area contributed by atoms with Gasteiger partial charge in [0.05, 0.1) is 28.7 Å². The molecule has 0 fully saturated rings. The Bertz CT molecular complexity index is 1740. The average Bonchev–Trinajstić information content (AvgIpc) is 3.50. The number of fused-ring (bicyclic) bond motifs is 4. The summed E-state index contributed by atoms with van der Waals surface area (Å²) < 4.78 is 7.89. The van der Waals surface area contributed by atoms with Gasteiger partial charge in [0.1, 0.15) is 5.58 Å². The van der Waals surface area contributed by atoms with Gasteiger partial charge in [0.2, 0.25) is 5.95 Å². The summed E-state index contributed by atoms with van der Waals surface area (Å²) in [4.78, 5) is 10.1. The standard InChI is InChI=1S/C30H19N3O/c1-3-9-20(10-4-1)25-18-26(21-11-5-2-6-12-21)32-30(31-25)33-27-14-8-7-13-23(27)24-17-22-15-16-34-29(22)19-28(24)33/h1-19H. The number of benzene rings is 4. The fourth-order valence-electron chi connectivity index (χ4n) is 4.69. The van der Waals surface area contributed by atoms with Crippen molar-refractivity contribution in [3.8, 4) is 28.5 Å². The largest absolute Gasteiger partial charge is 0.464 e. The summed E-state index contributed by atoms with van der Waals surface area (Å²) in [6.07, 6.45) is 1.73. The number of hydrogen-bond acceptors (Lipinski definition) is 3. The van der Waals surface area contributed by atoms with E-state index in [-0.39, 0.29) is 0 Å². The molecule has 34 heavy (non-hydrogen) atoms. The third kappa shape index (κ3) is 2.93. The number of para-hydroxylation sites is 1. The molecular weight excluding hydrogens is 418 g/mol. The van der Waals surface area contributed by atoms with Crippen LogP contribution in [-0.4, -0.2) is 14.5 Å². The van der Waals surface area contributed by atoms with Crippen LogP contribution in [0.5, 0.6) is 0 Å². The first-order valence-corrected chi connectivity index (χ1v) is 11.3. The van der Waals surface area contributed by atoms with E-state index in [9.17, 15) is 0 Å². The summed E-state index contributed by atoms with van der Waals surface area (Å²) in [6.45, 7) is 0. The minimum atomic E-state index is 0.636. The Kier molecular flexibility index (Phi) is 4.11. The minimum absolute atomic E-state index is 0.636. The third-order valence-corrected chi connectivity index (χ3v) is 6.30. The van der Waals surface area contributed by atoms with Gasteiger partial charge in [-0.25, -0.2) is 9.97 Å². The van der Waals surface area contributed by atoms with Crippen LogP contribution in [0.25, 0.3) is 61.2 Å². The lowest BCUT2D eigenvalue weighted by atomic mass is 10.1. The molecule has 3 aromatic heterocycles. The zero-order chi connectivity index (χ0) is 22.5. The molecule has 7 aromatic rings. The van der Waals surface area contributed by atoms with Gasteiger partial charge >= 0.3 is 0 Å². The van der Waals surface area contributed by atoms with Crippen LogP contribution < -0.4 is 0 Å². The van der Waals surface area contributed by atoms with Crippen molar-refractivity contribution in [3.05, 3.63) is 115 Å². The van der Waals surface area contributed by atoms with Gasteiger partial charge in [0, 0.05) is 33.4 Å². The smallest absolute Gasteiger partial charge is 0.235 e. The Morgan fingerprint density at radius 1 is 0.559 bits per heavy atom. The summed E-state index contributed by atoms with van der Waals surface area (Å²) in [5.41, 5.74) is 6.81. The van der Waals surface area contributed by atoms with Gasteiger partial charge in [0.15, 0.2) is 0 Å². The molecule has 0 saturated heterocycles. The molecule has 3 heterocycles. The van der Waals surface area contributed by atoms with Crippen LogP contribution in [-0.2, 0) is 0 Å². The Hall–Kier alpha value is -4.70. The lowest BCUT2D eigenvalue weighted by Crippen LogP contribution is -2.03. The van der Waals surface area contributed by atoms with Crippen molar-refractivity contribution in [2.75, 3.05) is 0 Å². The Labute approximate surface area is 195 Å².